The van der Waals surface area contributed by atoms with E-state index in [2.05, 4.69) is 19.2 Å². The molecule has 1 amide bonds. The van der Waals surface area contributed by atoms with Crippen LogP contribution in [0.2, 0.25) is 0 Å². The molecule has 0 saturated heterocycles. The van der Waals surface area contributed by atoms with E-state index in [1.54, 1.807) is 6.07 Å². The monoisotopic (exact) mass is 261 g/mol. The van der Waals surface area contributed by atoms with E-state index >= 15 is 0 Å². The Morgan fingerprint density at radius 3 is 2.74 bits per heavy atom. The Kier molecular flexibility index (Phi) is 3.98. The maximum Gasteiger partial charge on any atom is 0.250 e. The highest BCUT2D eigenvalue weighted by molar-refractivity contribution is 6.00. The highest BCUT2D eigenvalue weighted by atomic mass is 16.1. The molecule has 0 bridgehead atoms. The Morgan fingerprint density at radius 2 is 2.16 bits per heavy atom. The van der Waals surface area contributed by atoms with Crippen molar-refractivity contribution in [1.29, 1.82) is 0 Å². The summed E-state index contributed by atoms with van der Waals surface area (Å²) in [5.41, 5.74) is 13.0. The zero-order valence-corrected chi connectivity index (χ0v) is 11.6. The van der Waals surface area contributed by atoms with Crippen LogP contribution in [-0.2, 0) is 0 Å². The van der Waals surface area contributed by atoms with Gasteiger partial charge in [-0.05, 0) is 36.8 Å². The third-order valence-electron chi connectivity index (χ3n) is 4.46. The Hall–Kier alpha value is -1.71. The van der Waals surface area contributed by atoms with Crippen LogP contribution >= 0.6 is 0 Å². The lowest BCUT2D eigenvalue weighted by atomic mass is 9.93. The lowest BCUT2D eigenvalue weighted by Crippen LogP contribution is -2.25. The minimum absolute atomic E-state index is 0.391. The maximum atomic E-state index is 11.3. The third kappa shape index (κ3) is 2.67. The van der Waals surface area contributed by atoms with Crippen LogP contribution in [0.25, 0.3) is 0 Å². The third-order valence-corrected chi connectivity index (χ3v) is 4.46. The van der Waals surface area contributed by atoms with Gasteiger partial charge in [-0.3, -0.25) is 4.79 Å². The van der Waals surface area contributed by atoms with Crippen molar-refractivity contribution < 1.29 is 4.79 Å². The first-order valence-corrected chi connectivity index (χ1v) is 6.99. The van der Waals surface area contributed by atoms with Gasteiger partial charge in [-0.1, -0.05) is 26.3 Å². The smallest absolute Gasteiger partial charge is 0.250 e. The quantitative estimate of drug-likeness (QED) is 0.729. The molecular formula is C15H23N3O. The molecule has 4 nitrogen and oxygen atoms in total. The molecule has 2 rings (SSSR count). The van der Waals surface area contributed by atoms with Crippen LogP contribution in [-0.4, -0.2) is 11.9 Å². The van der Waals surface area contributed by atoms with E-state index in [9.17, 15) is 4.79 Å². The summed E-state index contributed by atoms with van der Waals surface area (Å²) in [7, 11) is 0. The fraction of sp³-hybridized carbons (Fsp3) is 0.533. The molecule has 1 aromatic carbocycles. The average molecular weight is 261 g/mol. The van der Waals surface area contributed by atoms with E-state index in [-0.39, 0.29) is 0 Å². The topological polar surface area (TPSA) is 81.1 Å². The zero-order chi connectivity index (χ0) is 14.0. The highest BCUT2D eigenvalue weighted by Crippen LogP contribution is 2.36. The van der Waals surface area contributed by atoms with Gasteiger partial charge in [-0.2, -0.15) is 0 Å². The SMILES string of the molecule is CCC1CCC(Nc2cccc(C(N)=O)c2N)C1C. The molecule has 0 aliphatic heterocycles. The second kappa shape index (κ2) is 5.51. The summed E-state index contributed by atoms with van der Waals surface area (Å²) in [4.78, 5) is 11.3. The first-order chi connectivity index (χ1) is 9.04. The normalized spacial score (nSPS) is 26.3. The molecular weight excluding hydrogens is 238 g/mol. The van der Waals surface area contributed by atoms with Crippen LogP contribution in [0.4, 0.5) is 11.4 Å². The van der Waals surface area contributed by atoms with Crippen molar-refractivity contribution >= 4 is 17.3 Å². The van der Waals surface area contributed by atoms with Crippen LogP contribution in [0.5, 0.6) is 0 Å². The van der Waals surface area contributed by atoms with Gasteiger partial charge >= 0.3 is 0 Å². The van der Waals surface area contributed by atoms with Gasteiger partial charge in [0.25, 0.3) is 5.91 Å². The van der Waals surface area contributed by atoms with Gasteiger partial charge in [0.1, 0.15) is 0 Å². The van der Waals surface area contributed by atoms with Crippen molar-refractivity contribution in [2.24, 2.45) is 17.6 Å². The molecule has 0 spiro atoms. The number of rotatable bonds is 4. The minimum atomic E-state index is -0.480. The number of primary amides is 1. The number of carbonyl (C=O) groups is 1. The predicted molar refractivity (Wildman–Crippen MR) is 79.0 cm³/mol. The minimum Gasteiger partial charge on any atom is -0.396 e. The van der Waals surface area contributed by atoms with Gasteiger partial charge in [0.05, 0.1) is 16.9 Å². The summed E-state index contributed by atoms with van der Waals surface area (Å²) < 4.78 is 0. The van der Waals surface area contributed by atoms with Gasteiger partial charge < -0.3 is 16.8 Å². The highest BCUT2D eigenvalue weighted by Gasteiger charge is 2.31. The second-order valence-electron chi connectivity index (χ2n) is 5.49. The molecule has 1 aromatic rings. The number of anilines is 2. The number of hydrogen-bond donors (Lipinski definition) is 3. The Bertz CT molecular complexity index is 472. The predicted octanol–water partition coefficient (Wildman–Crippen LogP) is 2.60. The van der Waals surface area contributed by atoms with Gasteiger partial charge in [0, 0.05) is 6.04 Å². The maximum absolute atomic E-state index is 11.3. The Morgan fingerprint density at radius 1 is 1.42 bits per heavy atom. The Balaban J connectivity index is 2.16. The van der Waals surface area contributed by atoms with E-state index in [1.807, 2.05) is 12.1 Å². The molecule has 0 radical (unpaired) electrons. The van der Waals surface area contributed by atoms with Crippen molar-refractivity contribution in [1.82, 2.24) is 0 Å². The second-order valence-corrected chi connectivity index (χ2v) is 5.49. The largest absolute Gasteiger partial charge is 0.396 e. The van der Waals surface area contributed by atoms with E-state index in [4.69, 9.17) is 11.5 Å². The molecule has 1 aliphatic rings. The van der Waals surface area contributed by atoms with Crippen molar-refractivity contribution in [2.45, 2.75) is 39.2 Å². The number of hydrogen-bond acceptors (Lipinski definition) is 3. The van der Waals surface area contributed by atoms with Gasteiger partial charge in [-0.15, -0.1) is 0 Å². The summed E-state index contributed by atoms with van der Waals surface area (Å²) in [6.45, 7) is 4.53. The van der Waals surface area contributed by atoms with Crippen LogP contribution in [0.15, 0.2) is 18.2 Å². The fourth-order valence-electron chi connectivity index (χ4n) is 3.13. The molecule has 4 heteroatoms. The summed E-state index contributed by atoms with van der Waals surface area (Å²) >= 11 is 0. The zero-order valence-electron chi connectivity index (χ0n) is 11.6. The van der Waals surface area contributed by atoms with E-state index in [0.717, 1.165) is 18.0 Å². The van der Waals surface area contributed by atoms with E-state index < -0.39 is 5.91 Å². The van der Waals surface area contributed by atoms with Crippen molar-refractivity contribution in [3.05, 3.63) is 23.8 Å². The number of para-hydroxylation sites is 1. The van der Waals surface area contributed by atoms with Crippen LogP contribution < -0.4 is 16.8 Å². The van der Waals surface area contributed by atoms with Gasteiger partial charge in [0.15, 0.2) is 0 Å². The molecule has 1 saturated carbocycles. The summed E-state index contributed by atoms with van der Waals surface area (Å²) in [6.07, 6.45) is 3.63. The average Bonchev–Trinajstić information content (AvgIpc) is 2.72. The summed E-state index contributed by atoms with van der Waals surface area (Å²) in [5, 5.41) is 3.49. The molecule has 19 heavy (non-hydrogen) atoms. The van der Waals surface area contributed by atoms with Crippen molar-refractivity contribution in [2.75, 3.05) is 11.1 Å². The number of carbonyl (C=O) groups excluding carboxylic acids is 1. The molecule has 3 atom stereocenters. The summed E-state index contributed by atoms with van der Waals surface area (Å²) in [5.74, 6) is 0.923. The van der Waals surface area contributed by atoms with Gasteiger partial charge in [0.2, 0.25) is 0 Å². The summed E-state index contributed by atoms with van der Waals surface area (Å²) in [6, 6.07) is 5.81. The molecule has 3 unspecified atom stereocenters. The first-order valence-electron chi connectivity index (χ1n) is 6.99. The lowest BCUT2D eigenvalue weighted by molar-refractivity contribution is 0.100. The first kappa shape index (κ1) is 13.7. The van der Waals surface area contributed by atoms with Crippen LogP contribution in [0.3, 0.4) is 0 Å². The number of nitrogens with one attached hydrogen (secondary N) is 1. The molecule has 1 fully saturated rings. The molecule has 5 N–H and O–H groups in total. The van der Waals surface area contributed by atoms with Crippen LogP contribution in [0, 0.1) is 11.8 Å². The van der Waals surface area contributed by atoms with E-state index in [1.165, 1.54) is 12.8 Å². The lowest BCUT2D eigenvalue weighted by Gasteiger charge is -2.23. The number of amides is 1. The standard InChI is InChI=1S/C15H23N3O/c1-3-10-7-8-12(9(10)2)18-13-6-4-5-11(14(13)16)15(17)19/h4-6,9-10,12,18H,3,7-8,16H2,1-2H3,(H2,17,19). The number of nitrogen functional groups attached to an aromatic ring is 1. The van der Waals surface area contributed by atoms with E-state index in [0.29, 0.717) is 23.2 Å². The molecule has 104 valence electrons. The molecule has 1 aliphatic carbocycles. The van der Waals surface area contributed by atoms with Crippen LogP contribution in [0.1, 0.15) is 43.5 Å². The molecule has 0 aromatic heterocycles. The van der Waals surface area contributed by atoms with Gasteiger partial charge in [-0.25, -0.2) is 0 Å². The molecule has 0 heterocycles. The van der Waals surface area contributed by atoms with Crippen molar-refractivity contribution in [3.8, 4) is 0 Å². The number of nitrogens with two attached hydrogens (primary N) is 2. The fourth-order valence-corrected chi connectivity index (χ4v) is 3.13. The number of benzene rings is 1. The van der Waals surface area contributed by atoms with Crippen molar-refractivity contribution in [3.63, 3.8) is 0 Å². The Labute approximate surface area is 114 Å².